The lowest BCUT2D eigenvalue weighted by Gasteiger charge is -2.19. The second kappa shape index (κ2) is 11.6. The average Bonchev–Trinajstić information content (AvgIpc) is 2.76. The van der Waals surface area contributed by atoms with Gasteiger partial charge in [-0.3, -0.25) is 14.6 Å². The van der Waals surface area contributed by atoms with Gasteiger partial charge in [-0.25, -0.2) is 0 Å². The lowest BCUT2D eigenvalue weighted by atomic mass is 10.1. The predicted molar refractivity (Wildman–Crippen MR) is 127 cm³/mol. The van der Waals surface area contributed by atoms with Gasteiger partial charge in [-0.05, 0) is 36.4 Å². The van der Waals surface area contributed by atoms with Gasteiger partial charge < -0.3 is 22.1 Å². The highest BCUT2D eigenvalue weighted by molar-refractivity contribution is 6.05. The summed E-state index contributed by atoms with van der Waals surface area (Å²) >= 11 is 0. The third-order valence-electron chi connectivity index (χ3n) is 4.65. The predicted octanol–water partition coefficient (Wildman–Crippen LogP) is 3.05. The lowest BCUT2D eigenvalue weighted by molar-refractivity contribution is -0.118. The number of fused-ring (bicyclic) bond motifs is 1. The molecule has 0 aliphatic rings. The van der Waals surface area contributed by atoms with Crippen molar-refractivity contribution in [2.24, 2.45) is 16.5 Å². The Hall–Kier alpha value is -3.58. The number of halogens is 1. The van der Waals surface area contributed by atoms with Gasteiger partial charge in [0.05, 0.1) is 0 Å². The maximum Gasteiger partial charge on any atom is 0.251 e. The van der Waals surface area contributed by atoms with Crippen LogP contribution in [-0.4, -0.2) is 30.4 Å². The Bertz CT molecular complexity index is 1050. The third-order valence-corrected chi connectivity index (χ3v) is 4.65. The van der Waals surface area contributed by atoms with Crippen molar-refractivity contribution < 1.29 is 9.59 Å². The van der Waals surface area contributed by atoms with Crippen LogP contribution in [0.3, 0.4) is 0 Å². The van der Waals surface area contributed by atoms with Crippen LogP contribution in [0.2, 0.25) is 0 Å². The third kappa shape index (κ3) is 6.72. The molecule has 0 radical (unpaired) electrons. The maximum atomic E-state index is 13.0. The Balaban J connectivity index is 0.00000341. The van der Waals surface area contributed by atoms with E-state index in [9.17, 15) is 9.59 Å². The van der Waals surface area contributed by atoms with E-state index in [1.54, 1.807) is 24.3 Å². The zero-order valence-corrected chi connectivity index (χ0v) is 17.8. The van der Waals surface area contributed by atoms with Crippen molar-refractivity contribution in [1.29, 1.82) is 0 Å². The van der Waals surface area contributed by atoms with E-state index in [4.69, 9.17) is 11.5 Å². The van der Waals surface area contributed by atoms with Crippen LogP contribution < -0.4 is 22.1 Å². The normalized spacial score (nSPS) is 11.1. The van der Waals surface area contributed by atoms with Gasteiger partial charge in [-0.1, -0.05) is 54.6 Å². The smallest absolute Gasteiger partial charge is 0.251 e. The first-order chi connectivity index (χ1) is 14.5. The molecule has 2 amide bonds. The number of nitrogens with two attached hydrogens (primary N) is 2. The molecule has 6 N–H and O–H groups in total. The number of guanidine groups is 1. The van der Waals surface area contributed by atoms with Crippen LogP contribution in [-0.2, 0) is 4.79 Å². The molecule has 0 saturated carbocycles. The second-order valence-electron chi connectivity index (χ2n) is 6.86. The standard InChI is InChI=1S/C23H25N5O2.ClH/c24-23(25)26-15-7-14-20(28-21(29)17-9-2-1-3-10-17)22(30)27-19-13-6-11-16-8-4-5-12-18(16)19;/h1-6,8-13,20H,7,14-15H2,(H,27,30)(H,28,29)(H4,24,25,26);1H. The summed E-state index contributed by atoms with van der Waals surface area (Å²) in [5.41, 5.74) is 11.9. The number of hydrogen-bond acceptors (Lipinski definition) is 3. The van der Waals surface area contributed by atoms with Gasteiger partial charge in [0.1, 0.15) is 6.04 Å². The number of hydrogen-bond donors (Lipinski definition) is 4. The summed E-state index contributed by atoms with van der Waals surface area (Å²) < 4.78 is 0. The molecular formula is C23H26ClN5O2. The van der Waals surface area contributed by atoms with E-state index < -0.39 is 6.04 Å². The molecule has 0 aromatic heterocycles. The van der Waals surface area contributed by atoms with E-state index in [-0.39, 0.29) is 30.2 Å². The van der Waals surface area contributed by atoms with Crippen molar-refractivity contribution in [3.05, 3.63) is 78.4 Å². The van der Waals surface area contributed by atoms with Crippen LogP contribution in [0.5, 0.6) is 0 Å². The number of rotatable bonds is 8. The lowest BCUT2D eigenvalue weighted by Crippen LogP contribution is -2.44. The first-order valence-corrected chi connectivity index (χ1v) is 9.74. The molecule has 0 aliphatic carbocycles. The Morgan fingerprint density at radius 2 is 1.58 bits per heavy atom. The Labute approximate surface area is 187 Å². The summed E-state index contributed by atoms with van der Waals surface area (Å²) in [6, 6.07) is 21.6. The summed E-state index contributed by atoms with van der Waals surface area (Å²) in [7, 11) is 0. The summed E-state index contributed by atoms with van der Waals surface area (Å²) in [6.45, 7) is 0.377. The number of aliphatic imine (C=N–C) groups is 1. The molecule has 0 aliphatic heterocycles. The number of amides is 2. The monoisotopic (exact) mass is 439 g/mol. The number of nitrogens with zero attached hydrogens (tertiary/aromatic N) is 1. The van der Waals surface area contributed by atoms with Gasteiger partial charge in [0.25, 0.3) is 5.91 Å². The molecule has 0 saturated heterocycles. The fourth-order valence-corrected chi connectivity index (χ4v) is 3.16. The van der Waals surface area contributed by atoms with Crippen molar-refractivity contribution in [1.82, 2.24) is 5.32 Å². The molecule has 0 fully saturated rings. The molecule has 8 heteroatoms. The number of carbonyl (C=O) groups is 2. The van der Waals surface area contributed by atoms with Crippen molar-refractivity contribution >= 4 is 46.6 Å². The molecule has 0 heterocycles. The first kappa shape index (κ1) is 23.7. The second-order valence-corrected chi connectivity index (χ2v) is 6.86. The van der Waals surface area contributed by atoms with Crippen LogP contribution in [0.25, 0.3) is 10.8 Å². The highest BCUT2D eigenvalue weighted by Gasteiger charge is 2.21. The molecular weight excluding hydrogens is 414 g/mol. The first-order valence-electron chi connectivity index (χ1n) is 9.74. The fourth-order valence-electron chi connectivity index (χ4n) is 3.16. The fraction of sp³-hybridized carbons (Fsp3) is 0.174. The molecule has 3 aromatic carbocycles. The molecule has 0 bridgehead atoms. The Morgan fingerprint density at radius 1 is 0.903 bits per heavy atom. The largest absolute Gasteiger partial charge is 0.370 e. The minimum Gasteiger partial charge on any atom is -0.370 e. The summed E-state index contributed by atoms with van der Waals surface area (Å²) in [5, 5.41) is 7.73. The van der Waals surface area contributed by atoms with Gasteiger partial charge in [0.15, 0.2) is 5.96 Å². The van der Waals surface area contributed by atoms with E-state index in [1.807, 2.05) is 48.5 Å². The molecule has 7 nitrogen and oxygen atoms in total. The molecule has 3 aromatic rings. The average molecular weight is 440 g/mol. The topological polar surface area (TPSA) is 123 Å². The molecule has 1 unspecified atom stereocenters. The van der Waals surface area contributed by atoms with E-state index in [2.05, 4.69) is 15.6 Å². The van der Waals surface area contributed by atoms with Crippen LogP contribution in [0.1, 0.15) is 23.2 Å². The number of anilines is 1. The summed E-state index contributed by atoms with van der Waals surface area (Å²) in [5.74, 6) is -0.601. The van der Waals surface area contributed by atoms with E-state index in [1.165, 1.54) is 0 Å². The Kier molecular flexibility index (Phi) is 8.84. The zero-order chi connectivity index (χ0) is 21.3. The van der Waals surface area contributed by atoms with Crippen molar-refractivity contribution in [2.75, 3.05) is 11.9 Å². The quantitative estimate of drug-likeness (QED) is 0.244. The number of benzene rings is 3. The van der Waals surface area contributed by atoms with Crippen molar-refractivity contribution in [3.8, 4) is 0 Å². The highest BCUT2D eigenvalue weighted by Crippen LogP contribution is 2.23. The van der Waals surface area contributed by atoms with Crippen LogP contribution in [0.4, 0.5) is 5.69 Å². The molecule has 3 rings (SSSR count). The summed E-state index contributed by atoms with van der Waals surface area (Å²) in [6.07, 6.45) is 0.937. The van der Waals surface area contributed by atoms with Crippen LogP contribution in [0, 0.1) is 0 Å². The number of nitrogens with one attached hydrogen (secondary N) is 2. The highest BCUT2D eigenvalue weighted by atomic mass is 35.5. The minimum atomic E-state index is -0.731. The molecule has 0 spiro atoms. The van der Waals surface area contributed by atoms with Gasteiger partial charge in [0.2, 0.25) is 5.91 Å². The van der Waals surface area contributed by atoms with Crippen LogP contribution in [0.15, 0.2) is 77.8 Å². The zero-order valence-electron chi connectivity index (χ0n) is 17.0. The van der Waals surface area contributed by atoms with Gasteiger partial charge in [-0.2, -0.15) is 0 Å². The molecule has 1 atom stereocenters. The van der Waals surface area contributed by atoms with E-state index >= 15 is 0 Å². The molecule has 31 heavy (non-hydrogen) atoms. The van der Waals surface area contributed by atoms with Gasteiger partial charge >= 0.3 is 0 Å². The molecule has 162 valence electrons. The van der Waals surface area contributed by atoms with E-state index in [0.717, 1.165) is 10.8 Å². The minimum absolute atomic E-state index is 0. The summed E-state index contributed by atoms with van der Waals surface area (Å²) in [4.78, 5) is 29.6. The van der Waals surface area contributed by atoms with Gasteiger partial charge in [-0.15, -0.1) is 12.4 Å². The van der Waals surface area contributed by atoms with Crippen LogP contribution >= 0.6 is 12.4 Å². The Morgan fingerprint density at radius 3 is 2.32 bits per heavy atom. The van der Waals surface area contributed by atoms with Crippen molar-refractivity contribution in [3.63, 3.8) is 0 Å². The SMILES string of the molecule is Cl.NC(N)=NCCCC(NC(=O)c1ccccc1)C(=O)Nc1cccc2ccccc12. The van der Waals surface area contributed by atoms with Gasteiger partial charge in [0, 0.05) is 23.2 Å². The van der Waals surface area contributed by atoms with E-state index in [0.29, 0.717) is 30.6 Å². The maximum absolute atomic E-state index is 13.0. The number of carbonyl (C=O) groups excluding carboxylic acids is 2. The van der Waals surface area contributed by atoms with Crippen molar-refractivity contribution in [2.45, 2.75) is 18.9 Å².